The van der Waals surface area contributed by atoms with Crippen molar-refractivity contribution in [3.8, 4) is 5.75 Å². The van der Waals surface area contributed by atoms with Crippen LogP contribution in [0.25, 0.3) is 0 Å². The molecule has 0 bridgehead atoms. The number of nitrogen functional groups attached to an aromatic ring is 1. The first-order valence-electron chi connectivity index (χ1n) is 8.04. The highest BCUT2D eigenvalue weighted by atomic mass is 16.5. The number of carbonyl (C=O) groups is 1. The standard InChI is InChI=1S/C17H26N2O2/c1-2-21-16-14(11-8-12-15(16)18)17(20)19-13-9-6-4-3-5-7-10-13/h8,11-13H,2-7,9-10,18H2,1H3,(H,19,20). The molecule has 0 aromatic heterocycles. The summed E-state index contributed by atoms with van der Waals surface area (Å²) in [5.74, 6) is 0.430. The Morgan fingerprint density at radius 2 is 1.90 bits per heavy atom. The molecule has 1 aliphatic rings. The summed E-state index contributed by atoms with van der Waals surface area (Å²) < 4.78 is 5.54. The molecule has 1 aromatic carbocycles. The molecule has 1 aromatic rings. The Bertz CT molecular complexity index is 466. The maximum atomic E-state index is 12.5. The van der Waals surface area contributed by atoms with Crippen LogP contribution in [0.15, 0.2) is 18.2 Å². The largest absolute Gasteiger partial charge is 0.491 e. The quantitative estimate of drug-likeness (QED) is 0.834. The fourth-order valence-electron chi connectivity index (χ4n) is 2.90. The summed E-state index contributed by atoms with van der Waals surface area (Å²) in [5, 5.41) is 3.15. The average molecular weight is 290 g/mol. The number of rotatable bonds is 4. The molecule has 1 saturated carbocycles. The molecule has 4 heteroatoms. The minimum absolute atomic E-state index is 0.0728. The first-order chi connectivity index (χ1) is 10.2. The van der Waals surface area contributed by atoms with Crippen LogP contribution < -0.4 is 15.8 Å². The second-order valence-corrected chi connectivity index (χ2v) is 5.67. The van der Waals surface area contributed by atoms with Gasteiger partial charge in [0, 0.05) is 6.04 Å². The van der Waals surface area contributed by atoms with Gasteiger partial charge < -0.3 is 15.8 Å². The van der Waals surface area contributed by atoms with Crippen molar-refractivity contribution in [3.05, 3.63) is 23.8 Å². The molecular weight excluding hydrogens is 264 g/mol. The van der Waals surface area contributed by atoms with Crippen molar-refractivity contribution in [2.24, 2.45) is 0 Å². The van der Waals surface area contributed by atoms with Gasteiger partial charge in [-0.3, -0.25) is 4.79 Å². The fraction of sp³-hybridized carbons (Fsp3) is 0.588. The van der Waals surface area contributed by atoms with Gasteiger partial charge in [-0.05, 0) is 31.9 Å². The van der Waals surface area contributed by atoms with E-state index in [4.69, 9.17) is 10.5 Å². The van der Waals surface area contributed by atoms with Crippen LogP contribution in [-0.4, -0.2) is 18.6 Å². The van der Waals surface area contributed by atoms with E-state index in [0.29, 0.717) is 23.6 Å². The highest BCUT2D eigenvalue weighted by Crippen LogP contribution is 2.27. The van der Waals surface area contributed by atoms with Crippen LogP contribution in [-0.2, 0) is 0 Å². The van der Waals surface area contributed by atoms with E-state index in [9.17, 15) is 4.79 Å². The van der Waals surface area contributed by atoms with Gasteiger partial charge in [0.05, 0.1) is 17.9 Å². The third-order valence-corrected chi connectivity index (χ3v) is 4.02. The normalized spacial score (nSPS) is 16.8. The zero-order chi connectivity index (χ0) is 15.1. The molecule has 0 heterocycles. The Morgan fingerprint density at radius 1 is 1.24 bits per heavy atom. The summed E-state index contributed by atoms with van der Waals surface area (Å²) in [6, 6.07) is 5.61. The van der Waals surface area contributed by atoms with Crippen LogP contribution in [0.1, 0.15) is 62.2 Å². The van der Waals surface area contributed by atoms with E-state index in [1.807, 2.05) is 6.92 Å². The molecule has 3 N–H and O–H groups in total. The van der Waals surface area contributed by atoms with Crippen LogP contribution in [0.5, 0.6) is 5.75 Å². The lowest BCUT2D eigenvalue weighted by Crippen LogP contribution is -2.35. The Hall–Kier alpha value is -1.71. The average Bonchev–Trinajstić information content (AvgIpc) is 2.44. The Kier molecular flexibility index (Phi) is 5.90. The number of nitrogens with two attached hydrogens (primary N) is 1. The van der Waals surface area contributed by atoms with Gasteiger partial charge in [-0.1, -0.05) is 38.2 Å². The fourth-order valence-corrected chi connectivity index (χ4v) is 2.90. The highest BCUT2D eigenvalue weighted by Gasteiger charge is 2.19. The van der Waals surface area contributed by atoms with Crippen LogP contribution in [0, 0.1) is 0 Å². The zero-order valence-corrected chi connectivity index (χ0v) is 12.9. The van der Waals surface area contributed by atoms with Gasteiger partial charge in [-0.15, -0.1) is 0 Å². The second-order valence-electron chi connectivity index (χ2n) is 5.67. The molecule has 1 fully saturated rings. The van der Waals surface area contributed by atoms with E-state index in [2.05, 4.69) is 5.32 Å². The SMILES string of the molecule is CCOc1c(N)cccc1C(=O)NC1CCCCCCC1. The van der Waals surface area contributed by atoms with Gasteiger partial charge in [0.25, 0.3) is 5.91 Å². The molecule has 0 aliphatic heterocycles. The summed E-state index contributed by atoms with van der Waals surface area (Å²) in [6.07, 6.45) is 8.39. The predicted octanol–water partition coefficient (Wildman–Crippen LogP) is 3.51. The van der Waals surface area contributed by atoms with Crippen molar-refractivity contribution >= 4 is 11.6 Å². The number of hydrogen-bond acceptors (Lipinski definition) is 3. The van der Waals surface area contributed by atoms with Gasteiger partial charge >= 0.3 is 0 Å². The summed E-state index contributed by atoms with van der Waals surface area (Å²) in [4.78, 5) is 12.5. The number of carbonyl (C=O) groups excluding carboxylic acids is 1. The number of nitrogens with one attached hydrogen (secondary N) is 1. The van der Waals surface area contributed by atoms with E-state index in [-0.39, 0.29) is 11.9 Å². The second kappa shape index (κ2) is 7.91. The molecule has 4 nitrogen and oxygen atoms in total. The van der Waals surface area contributed by atoms with Crippen molar-refractivity contribution in [1.29, 1.82) is 0 Å². The monoisotopic (exact) mass is 290 g/mol. The topological polar surface area (TPSA) is 64.3 Å². The van der Waals surface area contributed by atoms with Gasteiger partial charge in [-0.25, -0.2) is 0 Å². The van der Waals surface area contributed by atoms with Crippen LogP contribution in [0.4, 0.5) is 5.69 Å². The zero-order valence-electron chi connectivity index (χ0n) is 12.9. The molecular formula is C17H26N2O2. The van der Waals surface area contributed by atoms with Crippen LogP contribution in [0.2, 0.25) is 0 Å². The van der Waals surface area contributed by atoms with E-state index in [0.717, 1.165) is 12.8 Å². The van der Waals surface area contributed by atoms with E-state index < -0.39 is 0 Å². The maximum absolute atomic E-state index is 12.5. The number of anilines is 1. The molecule has 0 spiro atoms. The molecule has 2 rings (SSSR count). The minimum atomic E-state index is -0.0728. The molecule has 0 saturated heterocycles. The van der Waals surface area contributed by atoms with E-state index in [1.165, 1.54) is 32.1 Å². The Balaban J connectivity index is 2.06. The van der Waals surface area contributed by atoms with Crippen LogP contribution in [0.3, 0.4) is 0 Å². The summed E-state index contributed by atoms with van der Waals surface area (Å²) >= 11 is 0. The molecule has 0 radical (unpaired) electrons. The van der Waals surface area contributed by atoms with Gasteiger partial charge in [0.15, 0.2) is 5.75 Å². The van der Waals surface area contributed by atoms with Gasteiger partial charge in [-0.2, -0.15) is 0 Å². The van der Waals surface area contributed by atoms with E-state index in [1.54, 1.807) is 18.2 Å². The van der Waals surface area contributed by atoms with Gasteiger partial charge in [0.1, 0.15) is 0 Å². The highest BCUT2D eigenvalue weighted by molar-refractivity contribution is 5.98. The Labute approximate surface area is 127 Å². The third kappa shape index (κ3) is 4.38. The van der Waals surface area contributed by atoms with Crippen molar-refractivity contribution in [2.75, 3.05) is 12.3 Å². The predicted molar refractivity (Wildman–Crippen MR) is 85.6 cm³/mol. The maximum Gasteiger partial charge on any atom is 0.255 e. The number of para-hydroxylation sites is 1. The third-order valence-electron chi connectivity index (χ3n) is 4.02. The minimum Gasteiger partial charge on any atom is -0.491 e. The van der Waals surface area contributed by atoms with Crippen molar-refractivity contribution in [1.82, 2.24) is 5.32 Å². The molecule has 0 atom stereocenters. The molecule has 21 heavy (non-hydrogen) atoms. The first kappa shape index (κ1) is 15.7. The van der Waals surface area contributed by atoms with Crippen molar-refractivity contribution in [3.63, 3.8) is 0 Å². The number of ether oxygens (including phenoxy) is 1. The number of benzene rings is 1. The number of amides is 1. The summed E-state index contributed by atoms with van der Waals surface area (Å²) in [7, 11) is 0. The lowest BCUT2D eigenvalue weighted by molar-refractivity contribution is 0.0926. The molecule has 1 aliphatic carbocycles. The van der Waals surface area contributed by atoms with Crippen molar-refractivity contribution in [2.45, 2.75) is 57.9 Å². The molecule has 1 amide bonds. The summed E-state index contributed by atoms with van der Waals surface area (Å²) in [5.41, 5.74) is 6.98. The lowest BCUT2D eigenvalue weighted by atomic mass is 9.96. The Morgan fingerprint density at radius 3 is 2.57 bits per heavy atom. The van der Waals surface area contributed by atoms with E-state index >= 15 is 0 Å². The molecule has 0 unspecified atom stereocenters. The number of hydrogen-bond donors (Lipinski definition) is 2. The lowest BCUT2D eigenvalue weighted by Gasteiger charge is -2.22. The smallest absolute Gasteiger partial charge is 0.255 e. The van der Waals surface area contributed by atoms with Gasteiger partial charge in [0.2, 0.25) is 0 Å². The summed E-state index contributed by atoms with van der Waals surface area (Å²) in [6.45, 7) is 2.39. The van der Waals surface area contributed by atoms with Crippen LogP contribution >= 0.6 is 0 Å². The first-order valence-corrected chi connectivity index (χ1v) is 8.04. The van der Waals surface area contributed by atoms with Crippen molar-refractivity contribution < 1.29 is 9.53 Å². The molecule has 116 valence electrons.